The number of benzene rings is 2. The Kier molecular flexibility index (Phi) is 3.11. The van der Waals surface area contributed by atoms with E-state index in [1.54, 1.807) is 36.4 Å². The average molecular weight is 349 g/mol. The lowest BCUT2D eigenvalue weighted by Crippen LogP contribution is -2.01. The second kappa shape index (κ2) is 4.68. The van der Waals surface area contributed by atoms with Crippen LogP contribution < -0.4 is 0 Å². The van der Waals surface area contributed by atoms with Crippen LogP contribution in [0.25, 0.3) is 6.08 Å². The summed E-state index contributed by atoms with van der Waals surface area (Å²) in [5, 5.41) is 0. The maximum Gasteiger partial charge on any atom is 0.211 e. The lowest BCUT2D eigenvalue weighted by atomic mass is 10.1. The van der Waals surface area contributed by atoms with Crippen molar-refractivity contribution in [3.63, 3.8) is 0 Å². The lowest BCUT2D eigenvalue weighted by Gasteiger charge is -1.98. The van der Waals surface area contributed by atoms with Gasteiger partial charge in [-0.3, -0.25) is 4.79 Å². The van der Waals surface area contributed by atoms with E-state index in [0.717, 1.165) is 4.47 Å². The van der Waals surface area contributed by atoms with Crippen molar-refractivity contribution in [3.8, 4) is 0 Å². The van der Waals surface area contributed by atoms with E-state index in [2.05, 4.69) is 15.9 Å². The number of hydrogen-bond donors (Lipinski definition) is 0. The van der Waals surface area contributed by atoms with Gasteiger partial charge in [-0.05, 0) is 35.9 Å². The largest absolute Gasteiger partial charge is 0.288 e. The van der Waals surface area contributed by atoms with Gasteiger partial charge in [-0.25, -0.2) is 8.42 Å². The number of Topliss-reactive ketones (excluding diaryl/α,β-unsaturated/α-hetero) is 1. The predicted molar refractivity (Wildman–Crippen MR) is 80.1 cm³/mol. The standard InChI is InChI=1S/C15H9BrO3S/c16-11-7-5-10(6-8-11)9-14-15(17)12-3-1-2-4-13(12)20(14,18)19/h1-9H/b14-9-. The molecule has 0 saturated carbocycles. The van der Waals surface area contributed by atoms with Crippen molar-refractivity contribution < 1.29 is 13.2 Å². The maximum atomic E-state index is 12.4. The number of carbonyl (C=O) groups excluding carboxylic acids is 1. The first kappa shape index (κ1) is 13.3. The number of rotatable bonds is 1. The number of halogens is 1. The second-order valence-corrected chi connectivity index (χ2v) is 7.19. The Labute approximate surface area is 125 Å². The number of sulfone groups is 1. The van der Waals surface area contributed by atoms with Gasteiger partial charge in [-0.1, -0.05) is 40.2 Å². The van der Waals surface area contributed by atoms with Crippen LogP contribution in [-0.2, 0) is 9.84 Å². The van der Waals surface area contributed by atoms with Crippen LogP contribution in [-0.4, -0.2) is 14.2 Å². The van der Waals surface area contributed by atoms with Crippen LogP contribution in [0.15, 0.2) is 62.8 Å². The van der Waals surface area contributed by atoms with E-state index in [4.69, 9.17) is 0 Å². The number of hydrogen-bond acceptors (Lipinski definition) is 3. The molecule has 0 atom stereocenters. The van der Waals surface area contributed by atoms with Gasteiger partial charge in [0.15, 0.2) is 0 Å². The molecule has 5 heteroatoms. The van der Waals surface area contributed by atoms with Crippen molar-refractivity contribution in [1.29, 1.82) is 0 Å². The first-order valence-corrected chi connectivity index (χ1v) is 8.14. The molecule has 0 aliphatic carbocycles. The molecule has 0 amide bonds. The summed E-state index contributed by atoms with van der Waals surface area (Å²) in [6.45, 7) is 0. The minimum absolute atomic E-state index is 0.0911. The highest BCUT2D eigenvalue weighted by atomic mass is 79.9. The van der Waals surface area contributed by atoms with E-state index < -0.39 is 15.6 Å². The molecule has 0 bridgehead atoms. The van der Waals surface area contributed by atoms with Crippen molar-refractivity contribution in [2.75, 3.05) is 0 Å². The summed E-state index contributed by atoms with van der Waals surface area (Å²) < 4.78 is 25.6. The highest BCUT2D eigenvalue weighted by Gasteiger charge is 2.38. The van der Waals surface area contributed by atoms with E-state index in [1.807, 2.05) is 0 Å². The van der Waals surface area contributed by atoms with Crippen molar-refractivity contribution in [1.82, 2.24) is 0 Å². The van der Waals surface area contributed by atoms with Gasteiger partial charge in [0.1, 0.15) is 4.91 Å². The van der Waals surface area contributed by atoms with E-state index in [0.29, 0.717) is 5.56 Å². The molecule has 0 spiro atoms. The molecule has 2 aromatic carbocycles. The molecular formula is C15H9BrO3S. The van der Waals surface area contributed by atoms with E-state index in [1.165, 1.54) is 18.2 Å². The Morgan fingerprint density at radius 1 is 0.950 bits per heavy atom. The molecule has 0 N–H and O–H groups in total. The van der Waals surface area contributed by atoms with Crippen molar-refractivity contribution in [3.05, 3.63) is 69.0 Å². The van der Waals surface area contributed by atoms with Crippen molar-refractivity contribution in [2.24, 2.45) is 0 Å². The van der Waals surface area contributed by atoms with E-state index >= 15 is 0 Å². The van der Waals surface area contributed by atoms with Crippen LogP contribution in [0, 0.1) is 0 Å². The Hall–Kier alpha value is -1.72. The molecule has 1 aliphatic rings. The summed E-state index contributed by atoms with van der Waals surface area (Å²) >= 11 is 3.31. The summed E-state index contributed by atoms with van der Waals surface area (Å²) in [4.78, 5) is 12.2. The fourth-order valence-electron chi connectivity index (χ4n) is 2.12. The average Bonchev–Trinajstić information content (AvgIpc) is 2.63. The third-order valence-corrected chi connectivity index (χ3v) is 5.45. The first-order valence-electron chi connectivity index (χ1n) is 5.86. The monoisotopic (exact) mass is 348 g/mol. The minimum atomic E-state index is -3.70. The molecule has 0 fully saturated rings. The molecule has 0 unspecified atom stereocenters. The summed E-state index contributed by atoms with van der Waals surface area (Å²) in [6, 6.07) is 13.4. The molecule has 3 nitrogen and oxygen atoms in total. The third-order valence-electron chi connectivity index (χ3n) is 3.10. The number of ketones is 1. The van der Waals surface area contributed by atoms with Gasteiger partial charge in [0.25, 0.3) is 0 Å². The fraction of sp³-hybridized carbons (Fsp3) is 0. The summed E-state index contributed by atoms with van der Waals surface area (Å²) in [5.41, 5.74) is 0.920. The highest BCUT2D eigenvalue weighted by Crippen LogP contribution is 2.34. The molecule has 1 heterocycles. The van der Waals surface area contributed by atoms with Crippen LogP contribution in [0.4, 0.5) is 0 Å². The predicted octanol–water partition coefficient (Wildman–Crippen LogP) is 3.46. The van der Waals surface area contributed by atoms with Crippen LogP contribution in [0.2, 0.25) is 0 Å². The normalized spacial score (nSPS) is 18.2. The molecular weight excluding hydrogens is 340 g/mol. The molecule has 0 radical (unpaired) electrons. The van der Waals surface area contributed by atoms with Crippen LogP contribution in [0.5, 0.6) is 0 Å². The van der Waals surface area contributed by atoms with Gasteiger partial charge in [0.2, 0.25) is 15.6 Å². The molecule has 1 aliphatic heterocycles. The molecule has 20 heavy (non-hydrogen) atoms. The SMILES string of the molecule is O=C1/C(=C/c2ccc(Br)cc2)S(=O)(=O)c2ccccc21. The Morgan fingerprint density at radius 2 is 1.60 bits per heavy atom. The fourth-order valence-corrected chi connectivity index (χ4v) is 3.97. The van der Waals surface area contributed by atoms with Gasteiger partial charge in [0.05, 0.1) is 4.90 Å². The van der Waals surface area contributed by atoms with E-state index in [-0.39, 0.29) is 15.4 Å². The second-order valence-electron chi connectivity index (χ2n) is 4.39. The zero-order valence-electron chi connectivity index (χ0n) is 10.2. The zero-order chi connectivity index (χ0) is 14.3. The Balaban J connectivity index is 2.17. The molecule has 3 rings (SSSR count). The number of carbonyl (C=O) groups is 1. The maximum absolute atomic E-state index is 12.4. The van der Waals surface area contributed by atoms with E-state index in [9.17, 15) is 13.2 Å². The van der Waals surface area contributed by atoms with Crippen molar-refractivity contribution >= 4 is 37.6 Å². The van der Waals surface area contributed by atoms with Gasteiger partial charge in [-0.15, -0.1) is 0 Å². The zero-order valence-corrected chi connectivity index (χ0v) is 12.6. The van der Waals surface area contributed by atoms with Gasteiger partial charge in [-0.2, -0.15) is 0 Å². The van der Waals surface area contributed by atoms with Crippen molar-refractivity contribution in [2.45, 2.75) is 4.90 Å². The molecule has 2 aromatic rings. The van der Waals surface area contributed by atoms with Gasteiger partial charge >= 0.3 is 0 Å². The van der Waals surface area contributed by atoms with Gasteiger partial charge < -0.3 is 0 Å². The van der Waals surface area contributed by atoms with Crippen LogP contribution in [0.3, 0.4) is 0 Å². The highest BCUT2D eigenvalue weighted by molar-refractivity contribution is 9.10. The number of fused-ring (bicyclic) bond motifs is 1. The summed E-state index contributed by atoms with van der Waals surface area (Å²) in [7, 11) is -3.70. The molecule has 0 aromatic heterocycles. The van der Waals surface area contributed by atoms with Crippen LogP contribution >= 0.6 is 15.9 Å². The minimum Gasteiger partial charge on any atom is -0.288 e. The topological polar surface area (TPSA) is 51.2 Å². The number of allylic oxidation sites excluding steroid dienone is 1. The summed E-state index contributed by atoms with van der Waals surface area (Å²) in [5.74, 6) is -0.441. The summed E-state index contributed by atoms with van der Waals surface area (Å²) in [6.07, 6.45) is 1.42. The first-order chi connectivity index (χ1) is 9.50. The van der Waals surface area contributed by atoms with Crippen LogP contribution in [0.1, 0.15) is 15.9 Å². The lowest BCUT2D eigenvalue weighted by molar-refractivity contribution is 0.104. The molecule has 100 valence electrons. The Bertz CT molecular complexity index is 834. The quantitative estimate of drug-likeness (QED) is 0.741. The third kappa shape index (κ3) is 2.03. The Morgan fingerprint density at radius 3 is 2.25 bits per heavy atom. The van der Waals surface area contributed by atoms with Gasteiger partial charge in [0, 0.05) is 10.0 Å². The molecule has 0 saturated heterocycles. The smallest absolute Gasteiger partial charge is 0.211 e.